The Morgan fingerprint density at radius 3 is 1.92 bits per heavy atom. The molecule has 1 aliphatic rings. The van der Waals surface area contributed by atoms with Crippen molar-refractivity contribution >= 4 is 75.1 Å². The van der Waals surface area contributed by atoms with Gasteiger partial charge in [-0.3, -0.25) is 0 Å². The molecule has 0 amide bonds. The molecule has 4 heteroatoms. The van der Waals surface area contributed by atoms with Gasteiger partial charge in [0.25, 0.3) is 0 Å². The quantitative estimate of drug-likeness (QED) is 0.172. The highest BCUT2D eigenvalue weighted by Crippen LogP contribution is 2.44. The Bertz CT molecular complexity index is 3220. The number of pyridine rings is 1. The third-order valence-corrected chi connectivity index (χ3v) is 12.1. The molecule has 10 aromatic rings. The summed E-state index contributed by atoms with van der Waals surface area (Å²) in [6.45, 7) is 0. The van der Waals surface area contributed by atoms with Crippen LogP contribution in [0.5, 0.6) is 0 Å². The fourth-order valence-corrected chi connectivity index (χ4v) is 9.71. The number of hydrogen-bond acceptors (Lipinski definition) is 4. The van der Waals surface area contributed by atoms with E-state index in [0.29, 0.717) is 0 Å². The fourth-order valence-electron chi connectivity index (χ4n) is 8.62. The van der Waals surface area contributed by atoms with Gasteiger partial charge in [-0.15, -0.1) is 11.3 Å². The van der Waals surface area contributed by atoms with E-state index in [9.17, 15) is 0 Å². The first-order chi connectivity index (χ1) is 26.3. The minimum Gasteiger partial charge on any atom is -0.247 e. The Morgan fingerprint density at radius 2 is 1.09 bits per heavy atom. The number of thiophene rings is 1. The highest BCUT2D eigenvalue weighted by atomic mass is 32.1. The van der Waals surface area contributed by atoms with E-state index in [1.807, 2.05) is 29.8 Å². The average molecular weight is 694 g/mol. The van der Waals surface area contributed by atoms with Crippen LogP contribution in [0.15, 0.2) is 164 Å². The van der Waals surface area contributed by atoms with E-state index in [4.69, 9.17) is 4.98 Å². The summed E-state index contributed by atoms with van der Waals surface area (Å²) >= 11 is 1.88. The highest BCUT2D eigenvalue weighted by Gasteiger charge is 2.20. The van der Waals surface area contributed by atoms with Crippen LogP contribution in [0, 0.1) is 0 Å². The Hall–Kier alpha value is -6.49. The van der Waals surface area contributed by atoms with Crippen LogP contribution in [0.2, 0.25) is 0 Å². The van der Waals surface area contributed by atoms with Crippen molar-refractivity contribution in [3.63, 3.8) is 0 Å². The molecule has 0 aliphatic heterocycles. The molecule has 0 N–H and O–H groups in total. The molecular formula is C49H31N3S. The van der Waals surface area contributed by atoms with E-state index in [-0.39, 0.29) is 0 Å². The number of fused-ring (bicyclic) bond motifs is 9. The molecule has 0 saturated carbocycles. The smallest absolute Gasteiger partial charge is 0.159 e. The zero-order chi connectivity index (χ0) is 34.9. The lowest BCUT2D eigenvalue weighted by Crippen LogP contribution is -2.32. The molecule has 3 heterocycles. The summed E-state index contributed by atoms with van der Waals surface area (Å²) in [6.07, 6.45) is 5.55. The molecule has 248 valence electrons. The number of para-hydroxylation sites is 1. The molecule has 53 heavy (non-hydrogen) atoms. The third kappa shape index (κ3) is 4.76. The Balaban J connectivity index is 1.16. The standard InChI is InChI=1S/C49H31N3S/c1-2-11-30(12-3-1)48-41-24-26-45-47(46(41)40-17-8-9-18-43(40)52-48)42-29-31(19-25-44(42)53-45)32-20-21-37(34-14-5-4-13-33(32)34)38-22-23-39(49-50-27-10-28-51-49)36-16-7-6-15-35(36)38/h1-19,22-29H,20-21H2. The van der Waals surface area contributed by atoms with Crippen LogP contribution in [0.4, 0.5) is 0 Å². The maximum atomic E-state index is 5.22. The fraction of sp³-hybridized carbons (Fsp3) is 0.0408. The first-order valence-corrected chi connectivity index (χ1v) is 19.0. The van der Waals surface area contributed by atoms with Gasteiger partial charge in [0.05, 0.1) is 11.2 Å². The van der Waals surface area contributed by atoms with Crippen molar-refractivity contribution in [2.45, 2.75) is 12.8 Å². The van der Waals surface area contributed by atoms with Crippen molar-refractivity contribution < 1.29 is 0 Å². The lowest BCUT2D eigenvalue weighted by molar-refractivity contribution is 1.04. The van der Waals surface area contributed by atoms with E-state index < -0.39 is 0 Å². The second-order valence-electron chi connectivity index (χ2n) is 13.8. The van der Waals surface area contributed by atoms with E-state index >= 15 is 0 Å². The van der Waals surface area contributed by atoms with Crippen molar-refractivity contribution in [2.75, 3.05) is 0 Å². The monoisotopic (exact) mass is 693 g/mol. The zero-order valence-electron chi connectivity index (χ0n) is 28.8. The topological polar surface area (TPSA) is 38.7 Å². The highest BCUT2D eigenvalue weighted by molar-refractivity contribution is 7.26. The summed E-state index contributed by atoms with van der Waals surface area (Å²) in [5, 5.41) is 11.4. The van der Waals surface area contributed by atoms with Crippen LogP contribution in [0.3, 0.4) is 0 Å². The normalized spacial score (nSPS) is 13.1. The first kappa shape index (κ1) is 30.2. The van der Waals surface area contributed by atoms with Crippen molar-refractivity contribution in [3.05, 3.63) is 186 Å². The first-order valence-electron chi connectivity index (χ1n) is 18.1. The minimum absolute atomic E-state index is 0.754. The number of hydrogen-bond donors (Lipinski definition) is 0. The van der Waals surface area contributed by atoms with Gasteiger partial charge in [0, 0.05) is 59.9 Å². The molecule has 11 rings (SSSR count). The predicted octanol–water partition coefficient (Wildman–Crippen LogP) is 11.2. The Kier molecular flexibility index (Phi) is 6.86. The minimum atomic E-state index is 0.754. The lowest BCUT2D eigenvalue weighted by atomic mass is 9.84. The lowest BCUT2D eigenvalue weighted by Gasteiger charge is -2.20. The molecule has 0 fully saturated rings. The van der Waals surface area contributed by atoms with Crippen LogP contribution in [-0.4, -0.2) is 15.0 Å². The van der Waals surface area contributed by atoms with E-state index in [2.05, 4.69) is 156 Å². The van der Waals surface area contributed by atoms with Gasteiger partial charge < -0.3 is 0 Å². The van der Waals surface area contributed by atoms with Crippen LogP contribution in [0.25, 0.3) is 86.4 Å². The molecule has 0 spiro atoms. The largest absolute Gasteiger partial charge is 0.247 e. The predicted molar refractivity (Wildman–Crippen MR) is 222 cm³/mol. The molecule has 3 aromatic heterocycles. The maximum absolute atomic E-state index is 5.22. The number of benzene rings is 7. The van der Waals surface area contributed by atoms with Crippen molar-refractivity contribution in [2.24, 2.45) is 0 Å². The molecule has 7 aromatic carbocycles. The van der Waals surface area contributed by atoms with E-state index in [1.54, 1.807) is 0 Å². The summed E-state index contributed by atoms with van der Waals surface area (Å²) in [5.74, 6) is 0.754. The molecule has 0 atom stereocenters. The molecule has 0 unspecified atom stereocenters. The van der Waals surface area contributed by atoms with Crippen LogP contribution < -0.4 is 10.4 Å². The van der Waals surface area contributed by atoms with Gasteiger partial charge in [0.1, 0.15) is 0 Å². The number of rotatable bonds is 4. The van der Waals surface area contributed by atoms with Gasteiger partial charge in [0.15, 0.2) is 5.82 Å². The van der Waals surface area contributed by atoms with Gasteiger partial charge in [0.2, 0.25) is 0 Å². The van der Waals surface area contributed by atoms with Gasteiger partial charge in [-0.25, -0.2) is 15.0 Å². The summed E-state index contributed by atoms with van der Waals surface area (Å²) in [7, 11) is 0. The maximum Gasteiger partial charge on any atom is 0.159 e. The van der Waals surface area contributed by atoms with Gasteiger partial charge in [-0.1, -0.05) is 115 Å². The van der Waals surface area contributed by atoms with Crippen molar-refractivity contribution in [1.82, 2.24) is 15.0 Å². The second kappa shape index (κ2) is 12.0. The van der Waals surface area contributed by atoms with E-state index in [0.717, 1.165) is 41.0 Å². The molecule has 0 saturated heterocycles. The Morgan fingerprint density at radius 1 is 0.434 bits per heavy atom. The molecular weight excluding hydrogens is 663 g/mol. The van der Waals surface area contributed by atoms with Crippen LogP contribution in [-0.2, 0) is 0 Å². The average Bonchev–Trinajstić information content (AvgIpc) is 3.61. The van der Waals surface area contributed by atoms with Crippen molar-refractivity contribution in [1.29, 1.82) is 0 Å². The second-order valence-corrected chi connectivity index (χ2v) is 14.9. The summed E-state index contributed by atoms with van der Waals surface area (Å²) in [6, 6.07) is 55.0. The van der Waals surface area contributed by atoms with Crippen LogP contribution in [0.1, 0.15) is 24.0 Å². The summed E-state index contributed by atoms with van der Waals surface area (Å²) < 4.78 is 2.62. The van der Waals surface area contributed by atoms with Gasteiger partial charge in [-0.2, -0.15) is 0 Å². The van der Waals surface area contributed by atoms with Crippen LogP contribution >= 0.6 is 11.3 Å². The van der Waals surface area contributed by atoms with Gasteiger partial charge in [-0.05, 0) is 92.7 Å². The Labute approximate surface area is 309 Å². The number of aromatic nitrogens is 3. The summed E-state index contributed by atoms with van der Waals surface area (Å²) in [5.41, 5.74) is 9.63. The summed E-state index contributed by atoms with van der Waals surface area (Å²) in [4.78, 5) is 14.4. The molecule has 0 bridgehead atoms. The van der Waals surface area contributed by atoms with E-state index in [1.165, 1.54) is 79.8 Å². The SMILES string of the molecule is c1ccc(-c2nc3ccccc3c3c2ccc2sc4ccc(C5=c6ccccc6=C(c6ccc(-c7ncccn7)c7ccccc67)CC5)cc4c23)cc1. The third-order valence-electron chi connectivity index (χ3n) is 11.0. The van der Waals surface area contributed by atoms with Crippen molar-refractivity contribution in [3.8, 4) is 22.6 Å². The molecule has 0 radical (unpaired) electrons. The molecule has 1 aliphatic carbocycles. The number of nitrogens with zero attached hydrogens (tertiary/aromatic N) is 3. The van der Waals surface area contributed by atoms with Gasteiger partial charge >= 0.3 is 0 Å². The molecule has 3 nitrogen and oxygen atoms in total. The zero-order valence-corrected chi connectivity index (χ0v) is 29.6.